The second kappa shape index (κ2) is 10.6. The van der Waals surface area contributed by atoms with Crippen LogP contribution in [-0.4, -0.2) is 42.3 Å². The molecule has 8 nitrogen and oxygen atoms in total. The molecule has 1 aliphatic carbocycles. The molecule has 2 aromatic carbocycles. The minimum atomic E-state index is -1.08. The lowest BCUT2D eigenvalue weighted by Gasteiger charge is -2.25. The number of carbonyl (C=O) groups excluding carboxylic acids is 3. The highest BCUT2D eigenvalue weighted by Crippen LogP contribution is 2.36. The van der Waals surface area contributed by atoms with Gasteiger partial charge in [0, 0.05) is 6.42 Å². The minimum Gasteiger partial charge on any atom is -0.497 e. The molecule has 2 amide bonds. The van der Waals surface area contributed by atoms with Gasteiger partial charge < -0.3 is 24.8 Å². The smallest absolute Gasteiger partial charge is 0.408 e. The van der Waals surface area contributed by atoms with E-state index in [0.29, 0.717) is 18.6 Å². The first kappa shape index (κ1) is 25.1. The van der Waals surface area contributed by atoms with E-state index >= 15 is 0 Å². The van der Waals surface area contributed by atoms with Crippen molar-refractivity contribution in [2.24, 2.45) is 0 Å². The van der Waals surface area contributed by atoms with Gasteiger partial charge in [-0.3, -0.25) is 4.79 Å². The summed E-state index contributed by atoms with van der Waals surface area (Å²) in [5.41, 5.74) is -0.0991. The van der Waals surface area contributed by atoms with E-state index in [2.05, 4.69) is 10.6 Å². The van der Waals surface area contributed by atoms with Gasteiger partial charge in [0.15, 0.2) is 0 Å². The van der Waals surface area contributed by atoms with Crippen molar-refractivity contribution < 1.29 is 28.6 Å². The first-order chi connectivity index (χ1) is 16.1. The molecule has 3 rings (SSSR count). The average molecular weight is 469 g/mol. The number of carbonyl (C=O) groups is 3. The summed E-state index contributed by atoms with van der Waals surface area (Å²) in [4.78, 5) is 38.3. The Labute approximate surface area is 200 Å². The number of amides is 2. The van der Waals surface area contributed by atoms with Crippen molar-refractivity contribution in [3.8, 4) is 5.75 Å². The van der Waals surface area contributed by atoms with Crippen molar-refractivity contribution in [3.63, 3.8) is 0 Å². The van der Waals surface area contributed by atoms with Gasteiger partial charge in [-0.25, -0.2) is 9.59 Å². The van der Waals surface area contributed by atoms with E-state index in [1.165, 1.54) is 0 Å². The zero-order valence-electron chi connectivity index (χ0n) is 20.1. The molecule has 1 unspecified atom stereocenters. The molecule has 1 saturated carbocycles. The van der Waals surface area contributed by atoms with Crippen LogP contribution in [0.4, 0.5) is 4.79 Å². The fourth-order valence-electron chi connectivity index (χ4n) is 3.35. The van der Waals surface area contributed by atoms with Gasteiger partial charge in [0.2, 0.25) is 5.91 Å². The van der Waals surface area contributed by atoms with Crippen molar-refractivity contribution in [1.29, 1.82) is 0 Å². The Morgan fingerprint density at radius 3 is 2.18 bits per heavy atom. The number of rotatable bonds is 9. The van der Waals surface area contributed by atoms with Crippen LogP contribution in [0, 0.1) is 0 Å². The van der Waals surface area contributed by atoms with Crippen LogP contribution in [0.5, 0.6) is 5.75 Å². The summed E-state index contributed by atoms with van der Waals surface area (Å²) in [6.45, 7) is 5.34. The lowest BCUT2D eigenvalue weighted by molar-refractivity contribution is -0.149. The van der Waals surface area contributed by atoms with Gasteiger partial charge in [-0.2, -0.15) is 0 Å². The fourth-order valence-corrected chi connectivity index (χ4v) is 3.35. The molecule has 34 heavy (non-hydrogen) atoms. The molecule has 0 spiro atoms. The first-order valence-electron chi connectivity index (χ1n) is 11.3. The van der Waals surface area contributed by atoms with Crippen LogP contribution < -0.4 is 15.4 Å². The third-order valence-corrected chi connectivity index (χ3v) is 5.34. The average Bonchev–Trinajstić information content (AvgIpc) is 3.57. The van der Waals surface area contributed by atoms with Crippen molar-refractivity contribution in [3.05, 3.63) is 65.7 Å². The van der Waals surface area contributed by atoms with E-state index in [1.54, 1.807) is 40.0 Å². The zero-order valence-corrected chi connectivity index (χ0v) is 20.1. The van der Waals surface area contributed by atoms with Crippen molar-refractivity contribution >= 4 is 18.0 Å². The van der Waals surface area contributed by atoms with Gasteiger partial charge in [0.1, 0.15) is 29.5 Å². The predicted octanol–water partition coefficient (Wildman–Crippen LogP) is 3.52. The number of methoxy groups -OCH3 is 1. The van der Waals surface area contributed by atoms with Crippen LogP contribution in [0.1, 0.15) is 44.7 Å². The summed E-state index contributed by atoms with van der Waals surface area (Å²) in [6.07, 6.45) is 0.489. The monoisotopic (exact) mass is 468 g/mol. The van der Waals surface area contributed by atoms with Crippen LogP contribution in [-0.2, 0) is 32.1 Å². The molecule has 0 bridgehead atoms. The van der Waals surface area contributed by atoms with E-state index in [9.17, 15) is 14.4 Å². The highest BCUT2D eigenvalue weighted by molar-refractivity contribution is 5.95. The van der Waals surface area contributed by atoms with Gasteiger partial charge in [-0.15, -0.1) is 0 Å². The van der Waals surface area contributed by atoms with Gasteiger partial charge in [-0.05, 0) is 56.9 Å². The Bertz CT molecular complexity index is 994. The number of benzene rings is 2. The molecule has 0 aromatic heterocycles. The maximum Gasteiger partial charge on any atom is 0.408 e. The summed E-state index contributed by atoms with van der Waals surface area (Å²) in [7, 11) is 1.58. The molecular formula is C26H32N2O6. The number of nitrogens with one attached hydrogen (secondary N) is 2. The van der Waals surface area contributed by atoms with Crippen LogP contribution in [0.25, 0.3) is 0 Å². The van der Waals surface area contributed by atoms with Crippen LogP contribution in [0.15, 0.2) is 54.6 Å². The SMILES string of the molecule is COc1ccc(CC(NC(=O)C2(NC(=O)OC(C)(C)C)CC2)C(=O)OCc2ccccc2)cc1. The number of alkyl carbamates (subject to hydrolysis) is 1. The maximum atomic E-state index is 13.1. The van der Waals surface area contributed by atoms with Crippen molar-refractivity contribution in [2.45, 2.75) is 63.8 Å². The van der Waals surface area contributed by atoms with E-state index < -0.39 is 35.2 Å². The lowest BCUT2D eigenvalue weighted by atomic mass is 10.0. The Morgan fingerprint density at radius 1 is 0.971 bits per heavy atom. The highest BCUT2D eigenvalue weighted by Gasteiger charge is 2.52. The second-order valence-electron chi connectivity index (χ2n) is 9.38. The normalized spacial score (nSPS) is 14.9. The summed E-state index contributed by atoms with van der Waals surface area (Å²) < 4.78 is 16.0. The number of hydrogen-bond acceptors (Lipinski definition) is 6. The summed E-state index contributed by atoms with van der Waals surface area (Å²) in [6, 6.07) is 15.6. The van der Waals surface area contributed by atoms with Crippen LogP contribution in [0.3, 0.4) is 0 Å². The summed E-state index contributed by atoms with van der Waals surface area (Å²) in [5.74, 6) is -0.302. The number of esters is 1. The Balaban J connectivity index is 1.69. The highest BCUT2D eigenvalue weighted by atomic mass is 16.6. The number of hydrogen-bond donors (Lipinski definition) is 2. The lowest BCUT2D eigenvalue weighted by Crippen LogP contribution is -2.54. The molecule has 0 radical (unpaired) electrons. The largest absolute Gasteiger partial charge is 0.497 e. The van der Waals surface area contributed by atoms with E-state index in [-0.39, 0.29) is 13.0 Å². The maximum absolute atomic E-state index is 13.1. The molecule has 1 fully saturated rings. The second-order valence-corrected chi connectivity index (χ2v) is 9.38. The van der Waals surface area contributed by atoms with Crippen molar-refractivity contribution in [1.82, 2.24) is 10.6 Å². The van der Waals surface area contributed by atoms with E-state index in [1.807, 2.05) is 42.5 Å². The van der Waals surface area contributed by atoms with Gasteiger partial charge >= 0.3 is 12.1 Å². The Kier molecular flexibility index (Phi) is 7.81. The van der Waals surface area contributed by atoms with E-state index in [4.69, 9.17) is 14.2 Å². The molecule has 1 aliphatic rings. The molecule has 1 atom stereocenters. The molecule has 0 saturated heterocycles. The molecule has 8 heteroatoms. The summed E-state index contributed by atoms with van der Waals surface area (Å²) in [5, 5.41) is 5.45. The minimum absolute atomic E-state index is 0.0932. The van der Waals surface area contributed by atoms with Crippen molar-refractivity contribution in [2.75, 3.05) is 7.11 Å². The summed E-state index contributed by atoms with van der Waals surface area (Å²) >= 11 is 0. The standard InChI is InChI=1S/C26H32N2O6/c1-25(2,3)34-24(31)28-26(14-15-26)23(30)27-21(16-18-10-12-20(32-4)13-11-18)22(29)33-17-19-8-6-5-7-9-19/h5-13,21H,14-17H2,1-4H3,(H,27,30)(H,28,31). The van der Waals surface area contributed by atoms with Gasteiger partial charge in [0.05, 0.1) is 7.11 Å². The molecule has 0 aliphatic heterocycles. The Morgan fingerprint density at radius 2 is 1.62 bits per heavy atom. The van der Waals surface area contributed by atoms with Gasteiger partial charge in [-0.1, -0.05) is 42.5 Å². The fraction of sp³-hybridized carbons (Fsp3) is 0.423. The van der Waals surface area contributed by atoms with Crippen LogP contribution in [0.2, 0.25) is 0 Å². The zero-order chi connectivity index (χ0) is 24.8. The first-order valence-corrected chi connectivity index (χ1v) is 11.3. The molecule has 2 aromatic rings. The molecule has 182 valence electrons. The molecule has 2 N–H and O–H groups in total. The predicted molar refractivity (Wildman–Crippen MR) is 126 cm³/mol. The molecule has 0 heterocycles. The Hall–Kier alpha value is -3.55. The third-order valence-electron chi connectivity index (χ3n) is 5.34. The quantitative estimate of drug-likeness (QED) is 0.546. The van der Waals surface area contributed by atoms with Crippen LogP contribution >= 0.6 is 0 Å². The topological polar surface area (TPSA) is 103 Å². The van der Waals surface area contributed by atoms with Gasteiger partial charge in [0.25, 0.3) is 0 Å². The van der Waals surface area contributed by atoms with E-state index in [0.717, 1.165) is 11.1 Å². The number of ether oxygens (including phenoxy) is 3. The third kappa shape index (κ3) is 7.23. The molecular weight excluding hydrogens is 436 g/mol.